The molecule has 0 atom stereocenters. The molecule has 2 aromatic heterocycles. The number of hydrogen-bond donors (Lipinski definition) is 0. The van der Waals surface area contributed by atoms with Gasteiger partial charge in [-0.25, -0.2) is 9.50 Å². The zero-order valence-corrected chi connectivity index (χ0v) is 11.8. The van der Waals surface area contributed by atoms with E-state index in [4.69, 9.17) is 9.31 Å². The van der Waals surface area contributed by atoms with Gasteiger partial charge in [0.15, 0.2) is 5.65 Å². The zero-order valence-electron chi connectivity index (χ0n) is 11.8. The molecule has 5 nitrogen and oxygen atoms in total. The van der Waals surface area contributed by atoms with Crippen molar-refractivity contribution in [3.05, 3.63) is 73.5 Å². The van der Waals surface area contributed by atoms with Gasteiger partial charge in [-0.05, 0) is 6.07 Å². The number of hydrogen-bond acceptors (Lipinski definition) is 4. The van der Waals surface area contributed by atoms with Crippen LogP contribution in [-0.2, 0) is 9.31 Å². The minimum Gasteiger partial charge on any atom is -0.520 e. The molecule has 0 amide bonds. The third kappa shape index (κ3) is 2.05. The van der Waals surface area contributed by atoms with Gasteiger partial charge in [-0.15, -0.1) is 0 Å². The number of aromatic nitrogens is 3. The summed E-state index contributed by atoms with van der Waals surface area (Å²) in [4.78, 5) is 4.27. The highest BCUT2D eigenvalue weighted by atomic mass is 16.6. The van der Waals surface area contributed by atoms with E-state index < -0.39 is 7.12 Å². The molecule has 1 aliphatic heterocycles. The Bertz CT molecular complexity index is 837. The fourth-order valence-corrected chi connectivity index (χ4v) is 2.33. The molecule has 0 aliphatic carbocycles. The summed E-state index contributed by atoms with van der Waals surface area (Å²) in [6.45, 7) is 7.47. The van der Waals surface area contributed by atoms with E-state index in [1.165, 1.54) is 0 Å². The molecule has 0 saturated carbocycles. The first-order chi connectivity index (χ1) is 10.7. The van der Waals surface area contributed by atoms with E-state index in [0.717, 1.165) is 22.4 Å². The lowest BCUT2D eigenvalue weighted by Gasteiger charge is -2.04. The standard InChI is InChI=1S/C16H12BN3O2/c1-11-12(2)22-17(21-11)14-6-4-13(5-7-14)15-10-16-18-8-3-9-20(16)19-15/h3-10H,1-2H2. The maximum Gasteiger partial charge on any atom is 0.632 e. The van der Waals surface area contributed by atoms with E-state index in [-0.39, 0.29) is 0 Å². The Hall–Kier alpha value is -3.02. The van der Waals surface area contributed by atoms with E-state index in [0.29, 0.717) is 11.5 Å². The van der Waals surface area contributed by atoms with Gasteiger partial charge in [-0.1, -0.05) is 37.4 Å². The summed E-state index contributed by atoms with van der Waals surface area (Å²) in [6.07, 6.45) is 3.62. The molecule has 1 aliphatic rings. The molecule has 1 saturated heterocycles. The average Bonchev–Trinajstić information content (AvgIpc) is 3.11. The summed E-state index contributed by atoms with van der Waals surface area (Å²) < 4.78 is 12.8. The normalized spacial score (nSPS) is 14.3. The van der Waals surface area contributed by atoms with Crippen LogP contribution in [0.15, 0.2) is 73.5 Å². The molecule has 0 N–H and O–H groups in total. The van der Waals surface area contributed by atoms with Gasteiger partial charge in [0.25, 0.3) is 0 Å². The highest BCUT2D eigenvalue weighted by molar-refractivity contribution is 6.62. The first-order valence-corrected chi connectivity index (χ1v) is 6.83. The van der Waals surface area contributed by atoms with Crippen molar-refractivity contribution >= 4 is 18.2 Å². The summed E-state index contributed by atoms with van der Waals surface area (Å²) in [5.41, 5.74) is 3.60. The van der Waals surface area contributed by atoms with Crippen molar-refractivity contribution in [1.29, 1.82) is 0 Å². The van der Waals surface area contributed by atoms with Crippen molar-refractivity contribution in [3.63, 3.8) is 0 Å². The van der Waals surface area contributed by atoms with Crippen LogP contribution in [0.25, 0.3) is 16.9 Å². The lowest BCUT2D eigenvalue weighted by molar-refractivity contribution is 0.431. The topological polar surface area (TPSA) is 48.7 Å². The highest BCUT2D eigenvalue weighted by Gasteiger charge is 2.34. The number of nitrogens with zero attached hydrogens (tertiary/aromatic N) is 3. The largest absolute Gasteiger partial charge is 0.632 e. The molecule has 22 heavy (non-hydrogen) atoms. The van der Waals surface area contributed by atoms with E-state index >= 15 is 0 Å². The van der Waals surface area contributed by atoms with E-state index in [2.05, 4.69) is 23.2 Å². The summed E-state index contributed by atoms with van der Waals surface area (Å²) in [6, 6.07) is 11.6. The van der Waals surface area contributed by atoms with E-state index in [9.17, 15) is 0 Å². The predicted molar refractivity (Wildman–Crippen MR) is 84.3 cm³/mol. The minimum absolute atomic E-state index is 0.473. The smallest absolute Gasteiger partial charge is 0.520 e. The van der Waals surface area contributed by atoms with Gasteiger partial charge in [0.2, 0.25) is 0 Å². The van der Waals surface area contributed by atoms with Crippen LogP contribution in [0.2, 0.25) is 0 Å². The van der Waals surface area contributed by atoms with Crippen LogP contribution >= 0.6 is 0 Å². The number of fused-ring (bicyclic) bond motifs is 1. The van der Waals surface area contributed by atoms with Gasteiger partial charge in [-0.2, -0.15) is 5.10 Å². The average molecular weight is 289 g/mol. The lowest BCUT2D eigenvalue weighted by Crippen LogP contribution is -2.30. The fourth-order valence-electron chi connectivity index (χ4n) is 2.33. The second-order valence-electron chi connectivity index (χ2n) is 4.99. The Labute approximate surface area is 127 Å². The number of benzene rings is 1. The maximum atomic E-state index is 5.51. The van der Waals surface area contributed by atoms with Crippen molar-refractivity contribution in [3.8, 4) is 11.3 Å². The molecule has 106 valence electrons. The Morgan fingerprint density at radius 2 is 1.77 bits per heavy atom. The van der Waals surface area contributed by atoms with Gasteiger partial charge < -0.3 is 9.31 Å². The number of rotatable bonds is 2. The van der Waals surface area contributed by atoms with Crippen LogP contribution in [0.3, 0.4) is 0 Å². The van der Waals surface area contributed by atoms with Crippen LogP contribution in [0.5, 0.6) is 0 Å². The first kappa shape index (κ1) is 12.7. The van der Waals surface area contributed by atoms with E-state index in [1.54, 1.807) is 10.7 Å². The van der Waals surface area contributed by atoms with Crippen molar-refractivity contribution < 1.29 is 9.31 Å². The lowest BCUT2D eigenvalue weighted by atomic mass is 9.79. The van der Waals surface area contributed by atoms with Crippen molar-refractivity contribution in [2.75, 3.05) is 0 Å². The van der Waals surface area contributed by atoms with Crippen LogP contribution in [0.4, 0.5) is 0 Å². The van der Waals surface area contributed by atoms with Crippen LogP contribution in [-0.4, -0.2) is 21.7 Å². The second-order valence-corrected chi connectivity index (χ2v) is 4.99. The fraction of sp³-hybridized carbons (Fsp3) is 0. The van der Waals surface area contributed by atoms with Gasteiger partial charge in [0.1, 0.15) is 11.5 Å². The third-order valence-electron chi connectivity index (χ3n) is 3.52. The summed E-state index contributed by atoms with van der Waals surface area (Å²) in [7, 11) is -0.475. The monoisotopic (exact) mass is 289 g/mol. The first-order valence-electron chi connectivity index (χ1n) is 6.83. The van der Waals surface area contributed by atoms with Gasteiger partial charge in [0, 0.05) is 29.5 Å². The third-order valence-corrected chi connectivity index (χ3v) is 3.52. The molecule has 3 heterocycles. The molecule has 1 fully saturated rings. The minimum atomic E-state index is -0.475. The van der Waals surface area contributed by atoms with Crippen LogP contribution in [0, 0.1) is 0 Å². The van der Waals surface area contributed by atoms with Crippen LogP contribution < -0.4 is 5.46 Å². The molecule has 3 aromatic rings. The summed E-state index contributed by atoms with van der Waals surface area (Å²) in [5.74, 6) is 0.945. The molecule has 4 rings (SSSR count). The van der Waals surface area contributed by atoms with Gasteiger partial charge >= 0.3 is 7.12 Å². The van der Waals surface area contributed by atoms with E-state index in [1.807, 2.05) is 42.6 Å². The molecule has 0 bridgehead atoms. The molecule has 0 radical (unpaired) electrons. The summed E-state index contributed by atoms with van der Waals surface area (Å²) >= 11 is 0. The molecular formula is C16H12BN3O2. The van der Waals surface area contributed by atoms with Gasteiger partial charge in [0.05, 0.1) is 5.69 Å². The Balaban J connectivity index is 1.64. The van der Waals surface area contributed by atoms with Crippen molar-refractivity contribution in [2.24, 2.45) is 0 Å². The zero-order chi connectivity index (χ0) is 15.1. The van der Waals surface area contributed by atoms with Crippen molar-refractivity contribution in [1.82, 2.24) is 14.6 Å². The second kappa shape index (κ2) is 4.77. The molecule has 0 spiro atoms. The Morgan fingerprint density at radius 1 is 1.05 bits per heavy atom. The molecule has 6 heteroatoms. The quantitative estimate of drug-likeness (QED) is 0.678. The Morgan fingerprint density at radius 3 is 2.45 bits per heavy atom. The summed E-state index contributed by atoms with van der Waals surface area (Å²) in [5, 5.41) is 4.50. The highest BCUT2D eigenvalue weighted by Crippen LogP contribution is 2.22. The maximum absolute atomic E-state index is 5.51. The van der Waals surface area contributed by atoms with Crippen molar-refractivity contribution in [2.45, 2.75) is 0 Å². The molecule has 1 aromatic carbocycles. The molecule has 0 unspecified atom stereocenters. The Kier molecular flexibility index (Phi) is 2.75. The van der Waals surface area contributed by atoms with Gasteiger partial charge in [-0.3, -0.25) is 0 Å². The predicted octanol–water partition coefficient (Wildman–Crippen LogP) is 2.17. The molecular weight excluding hydrogens is 277 g/mol. The van der Waals surface area contributed by atoms with Crippen LogP contribution in [0.1, 0.15) is 0 Å². The SMILES string of the molecule is C=C1OB(c2ccc(-c3cc4ncccn4n3)cc2)OC1=C.